The molecule has 3 rings (SSSR count). The van der Waals surface area contributed by atoms with Crippen LogP contribution in [0.25, 0.3) is 11.1 Å². The predicted octanol–water partition coefficient (Wildman–Crippen LogP) is 2.65. The molecular formula is C13H17N3O. The summed E-state index contributed by atoms with van der Waals surface area (Å²) in [4.78, 5) is 6.69. The zero-order valence-electron chi connectivity index (χ0n) is 10.2. The number of para-hydroxylation sites is 1. The smallest absolute Gasteiger partial charge is 0.298 e. The van der Waals surface area contributed by atoms with E-state index in [0.717, 1.165) is 24.2 Å². The molecule has 0 amide bonds. The van der Waals surface area contributed by atoms with Gasteiger partial charge in [-0.3, -0.25) is 0 Å². The molecule has 1 aromatic heterocycles. The van der Waals surface area contributed by atoms with E-state index in [1.165, 1.54) is 6.42 Å². The summed E-state index contributed by atoms with van der Waals surface area (Å²) in [5.74, 6) is 0. The molecule has 1 saturated heterocycles. The molecule has 1 aliphatic rings. The van der Waals surface area contributed by atoms with E-state index in [2.05, 4.69) is 23.7 Å². The van der Waals surface area contributed by atoms with Crippen LogP contribution in [0.2, 0.25) is 0 Å². The molecule has 2 N–H and O–H groups in total. The Balaban J connectivity index is 1.99. The third kappa shape index (κ3) is 1.73. The Morgan fingerprint density at radius 1 is 1.41 bits per heavy atom. The second kappa shape index (κ2) is 3.39. The molecule has 0 spiro atoms. The second-order valence-corrected chi connectivity index (χ2v) is 5.53. The number of hydrogen-bond donors (Lipinski definition) is 1. The van der Waals surface area contributed by atoms with Gasteiger partial charge >= 0.3 is 0 Å². The van der Waals surface area contributed by atoms with E-state index in [4.69, 9.17) is 10.2 Å². The van der Waals surface area contributed by atoms with Gasteiger partial charge in [-0.2, -0.15) is 4.98 Å². The van der Waals surface area contributed by atoms with E-state index in [0.29, 0.717) is 17.1 Å². The largest absolute Gasteiger partial charge is 0.423 e. The molecule has 0 bridgehead atoms. The van der Waals surface area contributed by atoms with Crippen LogP contribution in [0.5, 0.6) is 0 Å². The third-order valence-corrected chi connectivity index (χ3v) is 3.39. The summed E-state index contributed by atoms with van der Waals surface area (Å²) < 4.78 is 5.76. The van der Waals surface area contributed by atoms with Gasteiger partial charge in [0, 0.05) is 13.1 Å². The van der Waals surface area contributed by atoms with Crippen molar-refractivity contribution in [3.05, 3.63) is 18.2 Å². The summed E-state index contributed by atoms with van der Waals surface area (Å²) in [7, 11) is 0. The lowest BCUT2D eigenvalue weighted by Crippen LogP contribution is -2.22. The van der Waals surface area contributed by atoms with Crippen molar-refractivity contribution >= 4 is 22.8 Å². The minimum absolute atomic E-state index is 0.339. The number of nitrogens with zero attached hydrogens (tertiary/aromatic N) is 2. The number of oxazole rings is 1. The first-order valence-electron chi connectivity index (χ1n) is 5.95. The van der Waals surface area contributed by atoms with Crippen LogP contribution in [0.3, 0.4) is 0 Å². The maximum Gasteiger partial charge on any atom is 0.298 e. The van der Waals surface area contributed by atoms with Gasteiger partial charge in [-0.25, -0.2) is 0 Å². The normalized spacial score (nSPS) is 19.1. The second-order valence-electron chi connectivity index (χ2n) is 5.53. The highest BCUT2D eigenvalue weighted by atomic mass is 16.4. The average Bonchev–Trinajstić information content (AvgIpc) is 2.82. The Morgan fingerprint density at radius 3 is 2.88 bits per heavy atom. The zero-order valence-corrected chi connectivity index (χ0v) is 10.2. The van der Waals surface area contributed by atoms with Crippen LogP contribution >= 0.6 is 0 Å². The van der Waals surface area contributed by atoms with Crippen LogP contribution in [-0.4, -0.2) is 18.1 Å². The van der Waals surface area contributed by atoms with Crippen molar-refractivity contribution in [2.24, 2.45) is 5.41 Å². The van der Waals surface area contributed by atoms with Gasteiger partial charge in [-0.15, -0.1) is 0 Å². The van der Waals surface area contributed by atoms with Crippen LogP contribution in [0.1, 0.15) is 20.3 Å². The van der Waals surface area contributed by atoms with Crippen molar-refractivity contribution in [3.8, 4) is 0 Å². The van der Waals surface area contributed by atoms with Crippen LogP contribution in [0, 0.1) is 5.41 Å². The maximum absolute atomic E-state index is 5.88. The Hall–Kier alpha value is -1.71. The van der Waals surface area contributed by atoms with E-state index in [1.54, 1.807) is 0 Å². The fraction of sp³-hybridized carbons (Fsp3) is 0.462. The van der Waals surface area contributed by atoms with E-state index < -0.39 is 0 Å². The van der Waals surface area contributed by atoms with Crippen molar-refractivity contribution in [3.63, 3.8) is 0 Å². The zero-order chi connectivity index (χ0) is 12.0. The van der Waals surface area contributed by atoms with E-state index in [1.807, 2.05) is 18.2 Å². The van der Waals surface area contributed by atoms with Crippen LogP contribution in [0.4, 0.5) is 11.7 Å². The SMILES string of the molecule is CC1(C)CCN(c2nc3c(N)cccc3o2)C1. The molecule has 2 aromatic rings. The summed E-state index contributed by atoms with van der Waals surface area (Å²) in [5.41, 5.74) is 8.44. The Kier molecular flexibility index (Phi) is 2.08. The molecule has 0 atom stereocenters. The van der Waals surface area contributed by atoms with Crippen LogP contribution in [-0.2, 0) is 0 Å². The van der Waals surface area contributed by atoms with Crippen molar-refractivity contribution < 1.29 is 4.42 Å². The lowest BCUT2D eigenvalue weighted by atomic mass is 9.93. The molecule has 4 heteroatoms. The van der Waals surface area contributed by atoms with Gasteiger partial charge in [0.25, 0.3) is 6.01 Å². The van der Waals surface area contributed by atoms with Gasteiger partial charge in [0.15, 0.2) is 5.58 Å². The van der Waals surface area contributed by atoms with Gasteiger partial charge in [0.2, 0.25) is 0 Å². The number of aromatic nitrogens is 1. The van der Waals surface area contributed by atoms with Crippen LogP contribution in [0.15, 0.2) is 22.6 Å². The molecule has 2 heterocycles. The monoisotopic (exact) mass is 231 g/mol. The maximum atomic E-state index is 5.88. The fourth-order valence-electron chi connectivity index (χ4n) is 2.37. The van der Waals surface area contributed by atoms with Crippen LogP contribution < -0.4 is 10.6 Å². The molecule has 0 saturated carbocycles. The van der Waals surface area contributed by atoms with Gasteiger partial charge in [-0.05, 0) is 24.0 Å². The first-order valence-corrected chi connectivity index (χ1v) is 5.95. The van der Waals surface area contributed by atoms with Crippen molar-refractivity contribution in [2.75, 3.05) is 23.7 Å². The number of nitrogens with two attached hydrogens (primary N) is 1. The first kappa shape index (κ1) is 10.4. The molecular weight excluding hydrogens is 214 g/mol. The highest BCUT2D eigenvalue weighted by Crippen LogP contribution is 2.34. The lowest BCUT2D eigenvalue weighted by Gasteiger charge is -2.17. The summed E-state index contributed by atoms with van der Waals surface area (Å²) >= 11 is 0. The summed E-state index contributed by atoms with van der Waals surface area (Å²) in [6.45, 7) is 6.52. The fourth-order valence-corrected chi connectivity index (χ4v) is 2.37. The summed E-state index contributed by atoms with van der Waals surface area (Å²) in [5, 5.41) is 0. The molecule has 1 aromatic carbocycles. The highest BCUT2D eigenvalue weighted by molar-refractivity contribution is 5.86. The van der Waals surface area contributed by atoms with Crippen molar-refractivity contribution in [1.29, 1.82) is 0 Å². The first-order chi connectivity index (χ1) is 8.05. The molecule has 4 nitrogen and oxygen atoms in total. The van der Waals surface area contributed by atoms with Gasteiger partial charge in [0.1, 0.15) is 5.52 Å². The Morgan fingerprint density at radius 2 is 2.24 bits per heavy atom. The summed E-state index contributed by atoms with van der Waals surface area (Å²) in [6.07, 6.45) is 1.17. The Bertz CT molecular complexity index is 559. The van der Waals surface area contributed by atoms with E-state index in [-0.39, 0.29) is 0 Å². The molecule has 1 aliphatic heterocycles. The average molecular weight is 231 g/mol. The Labute approximate surface area is 100 Å². The number of hydrogen-bond acceptors (Lipinski definition) is 4. The number of fused-ring (bicyclic) bond motifs is 1. The number of nitrogen functional groups attached to an aromatic ring is 1. The minimum Gasteiger partial charge on any atom is -0.423 e. The quantitative estimate of drug-likeness (QED) is 0.766. The summed E-state index contributed by atoms with van der Waals surface area (Å²) in [6, 6.07) is 6.34. The number of anilines is 2. The third-order valence-electron chi connectivity index (χ3n) is 3.39. The highest BCUT2D eigenvalue weighted by Gasteiger charge is 2.31. The lowest BCUT2D eigenvalue weighted by molar-refractivity contribution is 0.415. The number of benzene rings is 1. The standard InChI is InChI=1S/C13H17N3O/c1-13(2)6-7-16(8-13)12-15-11-9(14)4-3-5-10(11)17-12/h3-5H,6-8,14H2,1-2H3. The van der Waals surface area contributed by atoms with Gasteiger partial charge in [-0.1, -0.05) is 19.9 Å². The molecule has 1 fully saturated rings. The molecule has 0 aliphatic carbocycles. The van der Waals surface area contributed by atoms with Gasteiger partial charge in [0.05, 0.1) is 5.69 Å². The topological polar surface area (TPSA) is 55.3 Å². The molecule has 17 heavy (non-hydrogen) atoms. The molecule has 90 valence electrons. The van der Waals surface area contributed by atoms with Crippen molar-refractivity contribution in [1.82, 2.24) is 4.98 Å². The molecule has 0 radical (unpaired) electrons. The van der Waals surface area contributed by atoms with E-state index >= 15 is 0 Å². The minimum atomic E-state index is 0.339. The van der Waals surface area contributed by atoms with Crippen molar-refractivity contribution in [2.45, 2.75) is 20.3 Å². The number of rotatable bonds is 1. The molecule has 0 unspecified atom stereocenters. The van der Waals surface area contributed by atoms with E-state index in [9.17, 15) is 0 Å². The van der Waals surface area contributed by atoms with Gasteiger partial charge < -0.3 is 15.1 Å². The predicted molar refractivity (Wildman–Crippen MR) is 69.0 cm³/mol.